The molecule has 1 heterocycles. The maximum Gasteiger partial charge on any atom is 0.0934 e. The van der Waals surface area contributed by atoms with E-state index < -0.39 is 0 Å². The molecule has 0 aromatic carbocycles. The molecule has 4 fully saturated rings. The summed E-state index contributed by atoms with van der Waals surface area (Å²) >= 11 is 0. The molecule has 5 aliphatic rings. The third-order valence-electron chi connectivity index (χ3n) is 17.2. The zero-order valence-corrected chi connectivity index (χ0v) is 41.4. The van der Waals surface area contributed by atoms with Gasteiger partial charge in [0.25, 0.3) is 0 Å². The fourth-order valence-electron chi connectivity index (χ4n) is 13.5. The van der Waals surface area contributed by atoms with Crippen LogP contribution >= 0.6 is 0 Å². The predicted molar refractivity (Wildman–Crippen MR) is 262 cm³/mol. The molecular formula is C57H101NO3. The second kappa shape index (κ2) is 28.2. The quantitative estimate of drug-likeness (QED) is 0.0514. The molecule has 61 heavy (non-hydrogen) atoms. The number of fused-ring (bicyclic) bond motifs is 5. The zero-order valence-electron chi connectivity index (χ0n) is 41.4. The van der Waals surface area contributed by atoms with Crippen LogP contribution in [0.15, 0.2) is 36.0 Å². The molecule has 0 spiro atoms. The minimum Gasteiger partial charge on any atom is -0.379 e. The van der Waals surface area contributed by atoms with E-state index in [4.69, 9.17) is 14.2 Å². The lowest BCUT2D eigenvalue weighted by molar-refractivity contribution is -0.0649. The Kier molecular flexibility index (Phi) is 23.6. The molecule has 3 saturated carbocycles. The monoisotopic (exact) mass is 848 g/mol. The molecule has 4 unspecified atom stereocenters. The highest BCUT2D eigenvalue weighted by atomic mass is 16.5. The summed E-state index contributed by atoms with van der Waals surface area (Å²) in [5.74, 6) is 5.44. The van der Waals surface area contributed by atoms with Crippen LogP contribution in [0.2, 0.25) is 0 Å². The van der Waals surface area contributed by atoms with Gasteiger partial charge in [0.2, 0.25) is 0 Å². The topological polar surface area (TPSA) is 30.9 Å². The highest BCUT2D eigenvalue weighted by Gasteiger charge is 2.59. The molecule has 4 nitrogen and oxygen atoms in total. The molecule has 1 saturated heterocycles. The van der Waals surface area contributed by atoms with Gasteiger partial charge >= 0.3 is 0 Å². The highest BCUT2D eigenvalue weighted by Crippen LogP contribution is 2.67. The predicted octanol–water partition coefficient (Wildman–Crippen LogP) is 15.9. The Balaban J connectivity index is 0.927. The van der Waals surface area contributed by atoms with Crippen LogP contribution < -0.4 is 0 Å². The van der Waals surface area contributed by atoms with Gasteiger partial charge in [-0.2, -0.15) is 0 Å². The van der Waals surface area contributed by atoms with Crippen LogP contribution in [-0.4, -0.2) is 63.2 Å². The third kappa shape index (κ3) is 16.5. The van der Waals surface area contributed by atoms with Crippen molar-refractivity contribution >= 4 is 0 Å². The minimum atomic E-state index is 0.188. The van der Waals surface area contributed by atoms with Gasteiger partial charge < -0.3 is 19.1 Å². The Hall–Kier alpha value is -0.940. The highest BCUT2D eigenvalue weighted by molar-refractivity contribution is 5.25. The number of nitrogens with zero attached hydrogens (tertiary/aromatic N) is 1. The number of hydrogen-bond donors (Lipinski definition) is 0. The first-order valence-electron chi connectivity index (χ1n) is 27.3. The van der Waals surface area contributed by atoms with Crippen LogP contribution in [0.4, 0.5) is 0 Å². The van der Waals surface area contributed by atoms with Crippen LogP contribution in [0.5, 0.6) is 0 Å². The van der Waals surface area contributed by atoms with Gasteiger partial charge in [0.05, 0.1) is 18.8 Å². The lowest BCUT2D eigenvalue weighted by atomic mass is 9.47. The van der Waals surface area contributed by atoms with E-state index in [0.717, 1.165) is 87.7 Å². The Morgan fingerprint density at radius 2 is 1.44 bits per heavy atom. The van der Waals surface area contributed by atoms with E-state index in [1.54, 1.807) is 5.57 Å². The van der Waals surface area contributed by atoms with Crippen molar-refractivity contribution in [2.45, 2.75) is 234 Å². The molecule has 4 heteroatoms. The van der Waals surface area contributed by atoms with Gasteiger partial charge in [0, 0.05) is 26.4 Å². The van der Waals surface area contributed by atoms with Crippen molar-refractivity contribution < 1.29 is 14.2 Å². The number of unbranched alkanes of at least 4 members (excludes halogenated alkanes) is 10. The summed E-state index contributed by atoms with van der Waals surface area (Å²) in [6.07, 6.45) is 49.7. The molecule has 1 aliphatic heterocycles. The molecule has 9 atom stereocenters. The normalized spacial score (nSPS) is 30.5. The van der Waals surface area contributed by atoms with E-state index in [1.165, 1.54) is 174 Å². The first-order valence-corrected chi connectivity index (χ1v) is 27.3. The maximum atomic E-state index is 6.65. The van der Waals surface area contributed by atoms with E-state index >= 15 is 0 Å². The fourth-order valence-corrected chi connectivity index (χ4v) is 13.5. The van der Waals surface area contributed by atoms with E-state index in [0.29, 0.717) is 16.9 Å². The summed E-state index contributed by atoms with van der Waals surface area (Å²) in [7, 11) is 0. The van der Waals surface area contributed by atoms with Gasteiger partial charge in [0.15, 0.2) is 0 Å². The number of likely N-dealkylation sites (tertiary alicyclic amines) is 1. The molecule has 4 aliphatic carbocycles. The van der Waals surface area contributed by atoms with Crippen molar-refractivity contribution in [3.8, 4) is 0 Å². The Labute approximate surface area is 379 Å². The average molecular weight is 848 g/mol. The van der Waals surface area contributed by atoms with Crippen molar-refractivity contribution in [1.29, 1.82) is 0 Å². The summed E-state index contributed by atoms with van der Waals surface area (Å²) < 4.78 is 19.5. The molecule has 0 bridgehead atoms. The smallest absolute Gasteiger partial charge is 0.0934 e. The minimum absolute atomic E-state index is 0.188. The van der Waals surface area contributed by atoms with Gasteiger partial charge in [-0.1, -0.05) is 142 Å². The van der Waals surface area contributed by atoms with Gasteiger partial charge in [-0.05, 0) is 175 Å². The van der Waals surface area contributed by atoms with Crippen molar-refractivity contribution in [3.05, 3.63) is 36.0 Å². The summed E-state index contributed by atoms with van der Waals surface area (Å²) in [6.45, 7) is 21.9. The van der Waals surface area contributed by atoms with E-state index in [2.05, 4.69) is 76.8 Å². The number of rotatable bonds is 31. The first kappa shape index (κ1) is 51.1. The molecule has 0 radical (unpaired) electrons. The lowest BCUT2D eigenvalue weighted by Gasteiger charge is -2.58. The Bertz CT molecular complexity index is 1250. The van der Waals surface area contributed by atoms with Gasteiger partial charge in [0.1, 0.15) is 0 Å². The number of allylic oxidation sites excluding steroid dienone is 5. The van der Waals surface area contributed by atoms with E-state index in [9.17, 15) is 0 Å². The van der Waals surface area contributed by atoms with Crippen LogP contribution in [0.25, 0.3) is 0 Å². The zero-order chi connectivity index (χ0) is 43.2. The second-order valence-electron chi connectivity index (χ2n) is 22.2. The fraction of sp³-hybridized carbons (Fsp3) is 0.895. The summed E-state index contributed by atoms with van der Waals surface area (Å²) in [5.41, 5.74) is 2.75. The van der Waals surface area contributed by atoms with Crippen LogP contribution in [-0.2, 0) is 14.2 Å². The van der Waals surface area contributed by atoms with Crippen molar-refractivity contribution in [2.24, 2.45) is 46.3 Å². The molecule has 0 N–H and O–H groups in total. The van der Waals surface area contributed by atoms with Crippen molar-refractivity contribution in [2.75, 3.05) is 46.1 Å². The van der Waals surface area contributed by atoms with Gasteiger partial charge in [-0.15, -0.1) is 0 Å². The molecule has 0 aromatic rings. The van der Waals surface area contributed by atoms with Crippen LogP contribution in [0.3, 0.4) is 0 Å². The largest absolute Gasteiger partial charge is 0.379 e. The Morgan fingerprint density at radius 1 is 0.721 bits per heavy atom. The molecule has 0 amide bonds. The number of ether oxygens (including phenoxy) is 3. The average Bonchev–Trinajstić information content (AvgIpc) is 3.62. The second-order valence-corrected chi connectivity index (χ2v) is 22.2. The molecule has 352 valence electrons. The summed E-state index contributed by atoms with van der Waals surface area (Å²) in [6, 6.07) is 0. The van der Waals surface area contributed by atoms with Crippen LogP contribution in [0, 0.1) is 46.3 Å². The third-order valence-corrected chi connectivity index (χ3v) is 17.2. The van der Waals surface area contributed by atoms with Gasteiger partial charge in [-0.25, -0.2) is 0 Å². The number of piperidine rings is 1. The standard InChI is InChI=1S/C57H101NO3/c1-7-8-9-10-11-12-13-14-15-16-17-18-19-20-21-25-41-59-46-51(45-58-39-23-22-24-40-58)61-43-27-26-42-60-50-35-37-56(5)49(44-50)31-32-52-54-34-33-53(48(4)30-28-29-47(2)3)57(54,6)38-36-55(52)56/h11-12,14-15,31,47-48,50-55H,7-10,13,16-30,32-46H2,1-6H3/t48-,50+,51?,52?,53-,54?,55?,56+,57-/m1/s1. The molecule has 5 rings (SSSR count). The maximum absolute atomic E-state index is 6.65. The number of hydrogen-bond acceptors (Lipinski definition) is 4. The Morgan fingerprint density at radius 3 is 2.21 bits per heavy atom. The van der Waals surface area contributed by atoms with E-state index in [1.807, 2.05) is 0 Å². The molecule has 0 aromatic heterocycles. The first-order chi connectivity index (χ1) is 29.7. The van der Waals surface area contributed by atoms with Crippen molar-refractivity contribution in [1.82, 2.24) is 4.90 Å². The van der Waals surface area contributed by atoms with E-state index in [-0.39, 0.29) is 6.10 Å². The lowest BCUT2D eigenvalue weighted by Crippen LogP contribution is -2.51. The molecular weight excluding hydrogens is 747 g/mol. The van der Waals surface area contributed by atoms with Crippen LogP contribution in [0.1, 0.15) is 221 Å². The van der Waals surface area contributed by atoms with Gasteiger partial charge in [-0.3, -0.25) is 0 Å². The summed E-state index contributed by atoms with van der Waals surface area (Å²) in [5, 5.41) is 0. The SMILES string of the molecule is CCCCCC=CCC=CCCCCCCCCOCC(CN1CCCCC1)OCCCCO[C@H]1CC[C@@]2(C)C(=CCC3C2CC[C@@]2(C)C3CC[C@@H]2[C@H](C)CCCC(C)C)C1. The summed E-state index contributed by atoms with van der Waals surface area (Å²) in [4.78, 5) is 2.62. The van der Waals surface area contributed by atoms with Crippen molar-refractivity contribution in [3.63, 3.8) is 0 Å².